The van der Waals surface area contributed by atoms with Crippen LogP contribution in [0.4, 0.5) is 0 Å². The van der Waals surface area contributed by atoms with Crippen molar-refractivity contribution in [3.8, 4) is 0 Å². The smallest absolute Gasteiger partial charge is 0.0812 e. The third-order valence-electron chi connectivity index (χ3n) is 1.70. The molecule has 0 aliphatic carbocycles. The SMILES string of the molecule is OC(CCCl)c1cc(Br)ccc1I. The first-order valence-electron chi connectivity index (χ1n) is 3.84. The second-order valence-corrected chi connectivity index (χ2v) is 5.12. The maximum Gasteiger partial charge on any atom is 0.0812 e. The first-order chi connectivity index (χ1) is 6.15. The van der Waals surface area contributed by atoms with E-state index in [-0.39, 0.29) is 0 Å². The molecule has 1 aromatic rings. The molecule has 0 saturated carbocycles. The first-order valence-corrected chi connectivity index (χ1v) is 6.24. The van der Waals surface area contributed by atoms with Gasteiger partial charge in [-0.1, -0.05) is 15.9 Å². The van der Waals surface area contributed by atoms with Crippen molar-refractivity contribution >= 4 is 50.1 Å². The molecule has 0 aromatic heterocycles. The Morgan fingerprint density at radius 2 is 2.23 bits per heavy atom. The van der Waals surface area contributed by atoms with Gasteiger partial charge >= 0.3 is 0 Å². The summed E-state index contributed by atoms with van der Waals surface area (Å²) in [6, 6.07) is 5.86. The quantitative estimate of drug-likeness (QED) is 0.631. The maximum absolute atomic E-state index is 9.72. The molecule has 72 valence electrons. The predicted molar refractivity (Wildman–Crippen MR) is 67.2 cm³/mol. The van der Waals surface area contributed by atoms with Crippen molar-refractivity contribution in [3.05, 3.63) is 31.8 Å². The van der Waals surface area contributed by atoms with Gasteiger partial charge in [0.05, 0.1) is 6.10 Å². The van der Waals surface area contributed by atoms with E-state index in [9.17, 15) is 5.11 Å². The molecule has 1 aromatic carbocycles. The van der Waals surface area contributed by atoms with E-state index in [4.69, 9.17) is 11.6 Å². The van der Waals surface area contributed by atoms with Gasteiger partial charge in [-0.05, 0) is 52.8 Å². The Balaban J connectivity index is 2.91. The van der Waals surface area contributed by atoms with Crippen LogP contribution in [0, 0.1) is 3.57 Å². The van der Waals surface area contributed by atoms with Crippen LogP contribution in [0.2, 0.25) is 0 Å². The molecule has 1 N–H and O–H groups in total. The molecule has 1 rings (SSSR count). The first kappa shape index (κ1) is 11.8. The van der Waals surface area contributed by atoms with Crippen LogP contribution in [0.3, 0.4) is 0 Å². The van der Waals surface area contributed by atoms with E-state index < -0.39 is 6.10 Å². The van der Waals surface area contributed by atoms with E-state index in [2.05, 4.69) is 38.5 Å². The fourth-order valence-electron chi connectivity index (χ4n) is 1.03. The minimum atomic E-state index is -0.457. The molecule has 0 bridgehead atoms. The van der Waals surface area contributed by atoms with E-state index in [0.29, 0.717) is 12.3 Å². The summed E-state index contributed by atoms with van der Waals surface area (Å²) in [6.45, 7) is 0. The fourth-order valence-corrected chi connectivity index (χ4v) is 2.31. The predicted octanol–water partition coefficient (Wildman–Crippen LogP) is 3.72. The Morgan fingerprint density at radius 1 is 1.54 bits per heavy atom. The number of hydrogen-bond acceptors (Lipinski definition) is 1. The number of benzene rings is 1. The average Bonchev–Trinajstić information content (AvgIpc) is 2.09. The maximum atomic E-state index is 9.72. The summed E-state index contributed by atoms with van der Waals surface area (Å²) in [5, 5.41) is 9.72. The molecular weight excluding hydrogens is 366 g/mol. The highest BCUT2D eigenvalue weighted by Crippen LogP contribution is 2.26. The van der Waals surface area contributed by atoms with E-state index in [0.717, 1.165) is 13.6 Å². The number of aliphatic hydroxyl groups excluding tert-OH is 1. The summed E-state index contributed by atoms with van der Waals surface area (Å²) >= 11 is 11.1. The standard InChI is InChI=1S/C9H9BrClIO/c10-6-1-2-8(12)7(5-6)9(13)3-4-11/h1-2,5,9,13H,3-4H2. The molecular formula is C9H9BrClIO. The third kappa shape index (κ3) is 3.38. The third-order valence-corrected chi connectivity index (χ3v) is 3.39. The zero-order valence-corrected chi connectivity index (χ0v) is 11.3. The molecule has 0 aliphatic rings. The molecule has 0 amide bonds. The second kappa shape index (κ2) is 5.53. The second-order valence-electron chi connectivity index (χ2n) is 2.66. The van der Waals surface area contributed by atoms with Gasteiger partial charge in [-0.25, -0.2) is 0 Å². The molecule has 1 atom stereocenters. The van der Waals surface area contributed by atoms with Crippen molar-refractivity contribution in [2.75, 3.05) is 5.88 Å². The van der Waals surface area contributed by atoms with Crippen molar-refractivity contribution in [2.24, 2.45) is 0 Å². The lowest BCUT2D eigenvalue weighted by Gasteiger charge is -2.11. The van der Waals surface area contributed by atoms with E-state index in [1.807, 2.05) is 18.2 Å². The van der Waals surface area contributed by atoms with Gasteiger partial charge in [0.1, 0.15) is 0 Å². The van der Waals surface area contributed by atoms with Gasteiger partial charge in [-0.3, -0.25) is 0 Å². The van der Waals surface area contributed by atoms with Crippen LogP contribution in [0.5, 0.6) is 0 Å². The highest BCUT2D eigenvalue weighted by atomic mass is 127. The van der Waals surface area contributed by atoms with Crippen LogP contribution in [0.25, 0.3) is 0 Å². The van der Waals surface area contributed by atoms with Crippen LogP contribution in [0.15, 0.2) is 22.7 Å². The normalized spacial score (nSPS) is 12.9. The van der Waals surface area contributed by atoms with Gasteiger partial charge in [-0.15, -0.1) is 11.6 Å². The summed E-state index contributed by atoms with van der Waals surface area (Å²) in [5.41, 5.74) is 0.940. The van der Waals surface area contributed by atoms with Crippen molar-refractivity contribution < 1.29 is 5.11 Å². The number of rotatable bonds is 3. The molecule has 0 spiro atoms. The zero-order chi connectivity index (χ0) is 9.84. The number of halogens is 3. The van der Waals surface area contributed by atoms with E-state index in [1.54, 1.807) is 0 Å². The minimum absolute atomic E-state index is 0.457. The average molecular weight is 375 g/mol. The largest absolute Gasteiger partial charge is 0.388 e. The Labute approximate surface area is 105 Å². The Kier molecular flexibility index (Phi) is 5.00. The Hall–Kier alpha value is 0.680. The molecule has 1 nitrogen and oxygen atoms in total. The topological polar surface area (TPSA) is 20.2 Å². The minimum Gasteiger partial charge on any atom is -0.388 e. The van der Waals surface area contributed by atoms with Gasteiger partial charge in [-0.2, -0.15) is 0 Å². The summed E-state index contributed by atoms with van der Waals surface area (Å²) in [4.78, 5) is 0. The van der Waals surface area contributed by atoms with Gasteiger partial charge in [0, 0.05) is 13.9 Å². The Morgan fingerprint density at radius 3 is 2.85 bits per heavy atom. The lowest BCUT2D eigenvalue weighted by Crippen LogP contribution is -2.00. The van der Waals surface area contributed by atoms with Crippen molar-refractivity contribution in [3.63, 3.8) is 0 Å². The molecule has 0 radical (unpaired) electrons. The Bertz CT molecular complexity index is 293. The van der Waals surface area contributed by atoms with Gasteiger partial charge in [0.15, 0.2) is 0 Å². The lowest BCUT2D eigenvalue weighted by atomic mass is 10.1. The van der Waals surface area contributed by atoms with Crippen LogP contribution in [0.1, 0.15) is 18.1 Å². The van der Waals surface area contributed by atoms with Gasteiger partial charge < -0.3 is 5.11 Å². The monoisotopic (exact) mass is 374 g/mol. The number of alkyl halides is 1. The van der Waals surface area contributed by atoms with Crippen LogP contribution in [-0.2, 0) is 0 Å². The highest BCUT2D eigenvalue weighted by molar-refractivity contribution is 14.1. The number of aliphatic hydroxyl groups is 1. The molecule has 13 heavy (non-hydrogen) atoms. The van der Waals surface area contributed by atoms with E-state index in [1.165, 1.54) is 0 Å². The molecule has 0 aliphatic heterocycles. The molecule has 4 heteroatoms. The molecule has 0 saturated heterocycles. The summed E-state index contributed by atoms with van der Waals surface area (Å²) in [5.74, 6) is 0.476. The lowest BCUT2D eigenvalue weighted by molar-refractivity contribution is 0.173. The molecule has 1 unspecified atom stereocenters. The van der Waals surface area contributed by atoms with Gasteiger partial charge in [0.25, 0.3) is 0 Å². The zero-order valence-electron chi connectivity index (χ0n) is 6.80. The van der Waals surface area contributed by atoms with Crippen LogP contribution >= 0.6 is 50.1 Å². The fraction of sp³-hybridized carbons (Fsp3) is 0.333. The van der Waals surface area contributed by atoms with Gasteiger partial charge in [0.2, 0.25) is 0 Å². The van der Waals surface area contributed by atoms with Crippen molar-refractivity contribution in [1.29, 1.82) is 0 Å². The van der Waals surface area contributed by atoms with Crippen LogP contribution in [-0.4, -0.2) is 11.0 Å². The summed E-state index contributed by atoms with van der Waals surface area (Å²) < 4.78 is 2.05. The van der Waals surface area contributed by atoms with Crippen molar-refractivity contribution in [1.82, 2.24) is 0 Å². The highest BCUT2D eigenvalue weighted by Gasteiger charge is 2.10. The van der Waals surface area contributed by atoms with Crippen LogP contribution < -0.4 is 0 Å². The van der Waals surface area contributed by atoms with E-state index >= 15 is 0 Å². The van der Waals surface area contributed by atoms with Crippen molar-refractivity contribution in [2.45, 2.75) is 12.5 Å². The number of hydrogen-bond donors (Lipinski definition) is 1. The molecule has 0 heterocycles. The summed E-state index contributed by atoms with van der Waals surface area (Å²) in [6.07, 6.45) is 0.135. The molecule has 0 fully saturated rings. The summed E-state index contributed by atoms with van der Waals surface area (Å²) in [7, 11) is 0.